The fourth-order valence-corrected chi connectivity index (χ4v) is 3.96. The quantitative estimate of drug-likeness (QED) is 0.846. The lowest BCUT2D eigenvalue weighted by Crippen LogP contribution is -2.48. The van der Waals surface area contributed by atoms with Gasteiger partial charge in [0.15, 0.2) is 0 Å². The molecule has 1 aliphatic heterocycles. The number of nitrogens with one attached hydrogen (secondary N) is 1. The lowest BCUT2D eigenvalue weighted by molar-refractivity contribution is 0.0638. The van der Waals surface area contributed by atoms with Crippen LogP contribution in [0.2, 0.25) is 0 Å². The molecule has 25 heavy (non-hydrogen) atoms. The number of piperazine rings is 1. The molecule has 0 aliphatic carbocycles. The molecule has 1 atom stereocenters. The van der Waals surface area contributed by atoms with Gasteiger partial charge in [0.1, 0.15) is 4.88 Å². The first-order valence-corrected chi connectivity index (χ1v) is 8.96. The van der Waals surface area contributed by atoms with Gasteiger partial charge < -0.3 is 10.2 Å². The van der Waals surface area contributed by atoms with E-state index in [1.165, 1.54) is 22.5 Å². The minimum Gasteiger partial charge on any atom is -0.328 e. The first kappa shape index (κ1) is 21.9. The molecule has 138 valence electrons. The van der Waals surface area contributed by atoms with E-state index in [0.717, 1.165) is 41.6 Å². The van der Waals surface area contributed by atoms with Crippen molar-refractivity contribution in [2.75, 3.05) is 19.6 Å². The van der Waals surface area contributed by atoms with Crippen LogP contribution >= 0.6 is 36.2 Å². The molecule has 1 aliphatic rings. The van der Waals surface area contributed by atoms with Gasteiger partial charge in [-0.2, -0.15) is 0 Å². The summed E-state index contributed by atoms with van der Waals surface area (Å²) >= 11 is 1.50. The summed E-state index contributed by atoms with van der Waals surface area (Å²) < 4.78 is 0. The summed E-state index contributed by atoms with van der Waals surface area (Å²) in [6, 6.07) is 8.72. The van der Waals surface area contributed by atoms with Crippen molar-refractivity contribution in [2.24, 2.45) is 0 Å². The number of thiazole rings is 1. The maximum atomic E-state index is 13.0. The van der Waals surface area contributed by atoms with E-state index in [1.54, 1.807) is 0 Å². The van der Waals surface area contributed by atoms with Gasteiger partial charge in [-0.1, -0.05) is 31.2 Å². The zero-order valence-electron chi connectivity index (χ0n) is 14.7. The van der Waals surface area contributed by atoms with Crippen LogP contribution in [0.1, 0.15) is 44.5 Å². The molecule has 0 saturated carbocycles. The minimum absolute atomic E-state index is 0. The van der Waals surface area contributed by atoms with Crippen molar-refractivity contribution in [3.05, 3.63) is 51.0 Å². The first-order valence-electron chi connectivity index (χ1n) is 8.14. The van der Waals surface area contributed by atoms with Gasteiger partial charge in [0.2, 0.25) is 0 Å². The summed E-state index contributed by atoms with van der Waals surface area (Å²) in [5.74, 6) is 0.110. The number of hydrogen-bond acceptors (Lipinski definition) is 4. The molecule has 1 aromatic heterocycles. The summed E-state index contributed by atoms with van der Waals surface area (Å²) in [5.41, 5.74) is 3.36. The molecule has 0 bridgehead atoms. The van der Waals surface area contributed by atoms with E-state index in [1.807, 2.05) is 18.7 Å². The van der Waals surface area contributed by atoms with Gasteiger partial charge in [-0.15, -0.1) is 36.2 Å². The zero-order chi connectivity index (χ0) is 16.4. The van der Waals surface area contributed by atoms with E-state index in [0.29, 0.717) is 0 Å². The fourth-order valence-electron chi connectivity index (χ4n) is 3.08. The number of aromatic nitrogens is 1. The van der Waals surface area contributed by atoms with Crippen LogP contribution in [-0.4, -0.2) is 35.4 Å². The Morgan fingerprint density at radius 3 is 2.52 bits per heavy atom. The first-order chi connectivity index (χ1) is 11.1. The summed E-state index contributed by atoms with van der Waals surface area (Å²) in [6.45, 7) is 8.40. The van der Waals surface area contributed by atoms with Crippen molar-refractivity contribution in [3.63, 3.8) is 0 Å². The molecule has 4 nitrogen and oxygen atoms in total. The average Bonchev–Trinajstić information content (AvgIpc) is 2.92. The highest BCUT2D eigenvalue weighted by Gasteiger charge is 2.30. The molecular weight excluding hydrogens is 377 g/mol. The third-order valence-electron chi connectivity index (χ3n) is 4.37. The smallest absolute Gasteiger partial charge is 0.266 e. The number of carbonyl (C=O) groups excluding carboxylic acids is 1. The molecule has 0 spiro atoms. The number of nitrogens with zero attached hydrogens (tertiary/aromatic N) is 2. The largest absolute Gasteiger partial charge is 0.328 e. The number of amides is 1. The molecule has 0 radical (unpaired) electrons. The van der Waals surface area contributed by atoms with Crippen LogP contribution in [-0.2, 0) is 6.42 Å². The highest BCUT2D eigenvalue weighted by Crippen LogP contribution is 2.27. The van der Waals surface area contributed by atoms with Crippen LogP contribution in [0.15, 0.2) is 24.3 Å². The van der Waals surface area contributed by atoms with E-state index in [2.05, 4.69) is 41.5 Å². The molecule has 1 fully saturated rings. The van der Waals surface area contributed by atoms with Crippen LogP contribution in [0.25, 0.3) is 0 Å². The number of benzene rings is 1. The van der Waals surface area contributed by atoms with Crippen molar-refractivity contribution >= 4 is 42.1 Å². The van der Waals surface area contributed by atoms with E-state index in [-0.39, 0.29) is 36.8 Å². The lowest BCUT2D eigenvalue weighted by atomic mass is 10.0. The molecule has 2 aromatic rings. The Morgan fingerprint density at radius 2 is 1.96 bits per heavy atom. The molecular formula is C18H25Cl2N3OS. The van der Waals surface area contributed by atoms with Crippen LogP contribution in [0.5, 0.6) is 0 Å². The van der Waals surface area contributed by atoms with E-state index < -0.39 is 0 Å². The SMILES string of the molecule is CCc1ccc(C2CNCCN2C(=O)c2sc(C)nc2C)cc1.Cl.Cl. The van der Waals surface area contributed by atoms with Gasteiger partial charge in [0, 0.05) is 19.6 Å². The van der Waals surface area contributed by atoms with E-state index in [4.69, 9.17) is 0 Å². The molecule has 7 heteroatoms. The number of hydrogen-bond donors (Lipinski definition) is 1. The standard InChI is InChI=1S/C18H23N3OS.2ClH/c1-4-14-5-7-15(8-6-14)16-11-19-9-10-21(16)18(22)17-12(2)20-13(3)23-17;;/h5-8,16,19H,4,9-11H2,1-3H3;2*1H. The highest BCUT2D eigenvalue weighted by atomic mass is 35.5. The molecule has 1 amide bonds. The minimum atomic E-state index is 0. The van der Waals surface area contributed by atoms with Gasteiger partial charge >= 0.3 is 0 Å². The topological polar surface area (TPSA) is 45.2 Å². The van der Waals surface area contributed by atoms with Gasteiger partial charge in [0.05, 0.1) is 16.7 Å². The zero-order valence-corrected chi connectivity index (χ0v) is 17.2. The summed E-state index contributed by atoms with van der Waals surface area (Å²) in [6.07, 6.45) is 1.03. The van der Waals surface area contributed by atoms with Crippen molar-refractivity contribution in [3.8, 4) is 0 Å². The Labute approximate surface area is 165 Å². The van der Waals surface area contributed by atoms with Gasteiger partial charge in [-0.25, -0.2) is 4.98 Å². The third-order valence-corrected chi connectivity index (χ3v) is 5.44. The van der Waals surface area contributed by atoms with Crippen LogP contribution < -0.4 is 5.32 Å². The molecule has 1 aromatic carbocycles. The second-order valence-corrected chi connectivity index (χ2v) is 7.16. The van der Waals surface area contributed by atoms with E-state index in [9.17, 15) is 4.79 Å². The third kappa shape index (κ3) is 4.73. The van der Waals surface area contributed by atoms with Crippen molar-refractivity contribution in [2.45, 2.75) is 33.2 Å². The van der Waals surface area contributed by atoms with Crippen LogP contribution in [0, 0.1) is 13.8 Å². The number of rotatable bonds is 3. The predicted molar refractivity (Wildman–Crippen MR) is 109 cm³/mol. The number of aryl methyl sites for hydroxylation is 3. The molecule has 1 unspecified atom stereocenters. The fraction of sp³-hybridized carbons (Fsp3) is 0.444. The Morgan fingerprint density at radius 1 is 1.28 bits per heavy atom. The molecule has 2 heterocycles. The highest BCUT2D eigenvalue weighted by molar-refractivity contribution is 7.13. The molecule has 3 rings (SSSR count). The monoisotopic (exact) mass is 401 g/mol. The van der Waals surface area contributed by atoms with Crippen molar-refractivity contribution in [1.82, 2.24) is 15.2 Å². The molecule has 1 saturated heterocycles. The summed E-state index contributed by atoms with van der Waals surface area (Å²) in [4.78, 5) is 20.2. The van der Waals surface area contributed by atoms with Crippen LogP contribution in [0.3, 0.4) is 0 Å². The average molecular weight is 402 g/mol. The van der Waals surface area contributed by atoms with Gasteiger partial charge in [0.25, 0.3) is 5.91 Å². The second-order valence-electron chi connectivity index (χ2n) is 5.96. The lowest BCUT2D eigenvalue weighted by Gasteiger charge is -2.36. The van der Waals surface area contributed by atoms with Crippen molar-refractivity contribution < 1.29 is 4.79 Å². The Kier molecular flexibility index (Phi) is 8.35. The Bertz CT molecular complexity index is 703. The number of carbonyl (C=O) groups is 1. The second kappa shape index (κ2) is 9.53. The normalized spacial score (nSPS) is 16.8. The predicted octanol–water partition coefficient (Wildman–Crippen LogP) is 3.95. The van der Waals surface area contributed by atoms with Crippen LogP contribution in [0.4, 0.5) is 0 Å². The van der Waals surface area contributed by atoms with Crippen molar-refractivity contribution in [1.29, 1.82) is 0 Å². The summed E-state index contributed by atoms with van der Waals surface area (Å²) in [7, 11) is 0. The maximum Gasteiger partial charge on any atom is 0.266 e. The van der Waals surface area contributed by atoms with E-state index >= 15 is 0 Å². The Hall–Kier alpha value is -1.14. The summed E-state index contributed by atoms with van der Waals surface area (Å²) in [5, 5.41) is 4.36. The number of halogens is 2. The maximum absolute atomic E-state index is 13.0. The van der Waals surface area contributed by atoms with Gasteiger partial charge in [-0.05, 0) is 31.4 Å². The molecule has 1 N–H and O–H groups in total. The van der Waals surface area contributed by atoms with Gasteiger partial charge in [-0.3, -0.25) is 4.79 Å². The Balaban J connectivity index is 0.00000156.